The van der Waals surface area contributed by atoms with Crippen LogP contribution in [0, 0.1) is 18.2 Å². The second-order valence-electron chi connectivity index (χ2n) is 7.47. The number of aryl methyl sites for hydroxylation is 1. The number of hydrogen-bond acceptors (Lipinski definition) is 8. The molecule has 0 aromatic carbocycles. The Kier molecular flexibility index (Phi) is 6.69. The van der Waals surface area contributed by atoms with Crippen molar-refractivity contribution in [2.24, 2.45) is 0 Å². The van der Waals surface area contributed by atoms with Gasteiger partial charge in [-0.25, -0.2) is 14.2 Å². The van der Waals surface area contributed by atoms with Crippen LogP contribution in [0.5, 0.6) is 5.75 Å². The van der Waals surface area contributed by atoms with E-state index in [1.54, 1.807) is 18.5 Å². The first kappa shape index (κ1) is 22.1. The summed E-state index contributed by atoms with van der Waals surface area (Å²) in [6.45, 7) is 2.87. The number of halogens is 1. The molecule has 33 heavy (non-hydrogen) atoms. The van der Waals surface area contributed by atoms with Crippen LogP contribution in [0.15, 0.2) is 49.1 Å². The van der Waals surface area contributed by atoms with Gasteiger partial charge in [0.05, 0.1) is 30.3 Å². The van der Waals surface area contributed by atoms with E-state index in [9.17, 15) is 9.18 Å². The zero-order valence-electron chi connectivity index (χ0n) is 17.8. The highest BCUT2D eigenvalue weighted by atomic mass is 19.1. The Morgan fingerprint density at radius 2 is 2.12 bits per heavy atom. The van der Waals surface area contributed by atoms with Crippen molar-refractivity contribution in [1.82, 2.24) is 25.6 Å². The fourth-order valence-electron chi connectivity index (χ4n) is 3.42. The normalized spacial score (nSPS) is 17.3. The van der Waals surface area contributed by atoms with Gasteiger partial charge in [-0.15, -0.1) is 0 Å². The smallest absolute Gasteiger partial charge is 0.320 e. The summed E-state index contributed by atoms with van der Waals surface area (Å²) in [5.41, 5.74) is 2.85. The summed E-state index contributed by atoms with van der Waals surface area (Å²) in [6.07, 6.45) is 6.54. The lowest BCUT2D eigenvalue weighted by Crippen LogP contribution is -2.47. The Hall–Kier alpha value is -4.12. The molecule has 3 aromatic heterocycles. The molecule has 1 saturated heterocycles. The number of carbonyl (C=O) groups is 1. The number of aromatic nitrogens is 3. The summed E-state index contributed by atoms with van der Waals surface area (Å²) in [7, 11) is 0. The molecule has 0 saturated carbocycles. The molecule has 0 unspecified atom stereocenters. The highest BCUT2D eigenvalue weighted by Gasteiger charge is 2.30. The van der Waals surface area contributed by atoms with Gasteiger partial charge in [-0.05, 0) is 25.1 Å². The number of amides is 2. The van der Waals surface area contributed by atoms with Crippen LogP contribution in [0.4, 0.5) is 26.4 Å². The highest BCUT2D eigenvalue weighted by molar-refractivity contribution is 5.92. The molecule has 2 atom stereocenters. The van der Waals surface area contributed by atoms with Crippen molar-refractivity contribution in [3.8, 4) is 5.75 Å². The van der Waals surface area contributed by atoms with E-state index in [-0.39, 0.29) is 12.1 Å². The van der Waals surface area contributed by atoms with Gasteiger partial charge in [0.2, 0.25) is 0 Å². The van der Waals surface area contributed by atoms with E-state index in [0.717, 1.165) is 17.6 Å². The first-order chi connectivity index (χ1) is 16.0. The molecule has 1 fully saturated rings. The van der Waals surface area contributed by atoms with Crippen LogP contribution in [0.1, 0.15) is 11.3 Å². The van der Waals surface area contributed by atoms with Crippen molar-refractivity contribution in [2.45, 2.75) is 19.1 Å². The average Bonchev–Trinajstić information content (AvgIpc) is 3.21. The SMILES string of the molecule is Cc1cc(Nc2cnc(NC(=O)N[C@H]3CNC[C@@H]3Oc3cncc(F)c3)cc2C=N)ccn1. The van der Waals surface area contributed by atoms with Gasteiger partial charge in [-0.1, -0.05) is 0 Å². The zero-order chi connectivity index (χ0) is 23.2. The van der Waals surface area contributed by atoms with E-state index in [1.807, 2.05) is 19.1 Å². The molecule has 1 aliphatic heterocycles. The molecule has 2 amide bonds. The predicted molar refractivity (Wildman–Crippen MR) is 122 cm³/mol. The van der Waals surface area contributed by atoms with Crippen LogP contribution < -0.4 is 26.0 Å². The largest absolute Gasteiger partial charge is 0.485 e. The Morgan fingerprint density at radius 1 is 1.24 bits per heavy atom. The Balaban J connectivity index is 1.38. The van der Waals surface area contributed by atoms with Gasteiger partial charge in [0.1, 0.15) is 23.5 Å². The van der Waals surface area contributed by atoms with Crippen LogP contribution in [-0.4, -0.2) is 52.4 Å². The zero-order valence-corrected chi connectivity index (χ0v) is 17.8. The molecule has 1 aliphatic rings. The Morgan fingerprint density at radius 3 is 2.91 bits per heavy atom. The van der Waals surface area contributed by atoms with E-state index in [2.05, 4.69) is 36.2 Å². The first-order valence-electron chi connectivity index (χ1n) is 10.3. The van der Waals surface area contributed by atoms with Gasteiger partial charge < -0.3 is 26.1 Å². The number of nitrogens with zero attached hydrogens (tertiary/aromatic N) is 3. The summed E-state index contributed by atoms with van der Waals surface area (Å²) in [5, 5.41) is 19.6. The highest BCUT2D eigenvalue weighted by Crippen LogP contribution is 2.21. The standard InChI is InChI=1S/C22H23FN8O2/c1-13-4-16(2-3-27-13)29-18-11-28-21(5-14(18)7-24)31-22(32)30-19-10-26-12-20(19)33-17-6-15(23)8-25-9-17/h2-9,11,19-20,24,26H,10,12H2,1H3,(H,27,29)(H2,28,30,31,32)/t19-,20-/m0/s1. The predicted octanol–water partition coefficient (Wildman–Crippen LogP) is 2.60. The Bertz CT molecular complexity index is 1160. The second-order valence-corrected chi connectivity index (χ2v) is 7.47. The third-order valence-corrected chi connectivity index (χ3v) is 4.95. The maximum absolute atomic E-state index is 13.4. The molecular formula is C22H23FN8O2. The van der Waals surface area contributed by atoms with Crippen molar-refractivity contribution in [2.75, 3.05) is 23.7 Å². The monoisotopic (exact) mass is 450 g/mol. The summed E-state index contributed by atoms with van der Waals surface area (Å²) >= 11 is 0. The summed E-state index contributed by atoms with van der Waals surface area (Å²) in [6, 6.07) is 5.72. The molecular weight excluding hydrogens is 427 g/mol. The van der Waals surface area contributed by atoms with E-state index in [4.69, 9.17) is 10.1 Å². The number of rotatable bonds is 7. The molecule has 10 nitrogen and oxygen atoms in total. The van der Waals surface area contributed by atoms with E-state index >= 15 is 0 Å². The van der Waals surface area contributed by atoms with Crippen molar-refractivity contribution in [1.29, 1.82) is 5.41 Å². The number of carbonyl (C=O) groups excluding carboxylic acids is 1. The van der Waals surface area contributed by atoms with Gasteiger partial charge in [-0.3, -0.25) is 15.3 Å². The number of anilines is 3. The first-order valence-corrected chi connectivity index (χ1v) is 10.3. The molecule has 5 N–H and O–H groups in total. The molecule has 11 heteroatoms. The minimum Gasteiger partial charge on any atom is -0.485 e. The molecule has 4 rings (SSSR count). The van der Waals surface area contributed by atoms with Gasteiger partial charge in [0.25, 0.3) is 0 Å². The van der Waals surface area contributed by atoms with Gasteiger partial charge in [-0.2, -0.15) is 0 Å². The number of hydrogen-bond donors (Lipinski definition) is 5. The van der Waals surface area contributed by atoms with Gasteiger partial charge in [0.15, 0.2) is 0 Å². The van der Waals surface area contributed by atoms with Crippen molar-refractivity contribution >= 4 is 29.4 Å². The Labute approximate surface area is 189 Å². The molecule has 0 radical (unpaired) electrons. The maximum atomic E-state index is 13.4. The third-order valence-electron chi connectivity index (χ3n) is 4.95. The molecule has 4 heterocycles. The quantitative estimate of drug-likeness (QED) is 0.349. The van der Waals surface area contributed by atoms with Crippen molar-refractivity contribution < 1.29 is 13.9 Å². The topological polar surface area (TPSA) is 137 Å². The van der Waals surface area contributed by atoms with Gasteiger partial charge in [0, 0.05) is 48.5 Å². The molecule has 170 valence electrons. The fourth-order valence-corrected chi connectivity index (χ4v) is 3.42. The second kappa shape index (κ2) is 10.0. The van der Waals surface area contributed by atoms with Crippen molar-refractivity contribution in [3.05, 3.63) is 66.1 Å². The fraction of sp³-hybridized carbons (Fsp3) is 0.227. The maximum Gasteiger partial charge on any atom is 0.320 e. The lowest BCUT2D eigenvalue weighted by atomic mass is 10.2. The summed E-state index contributed by atoms with van der Waals surface area (Å²) < 4.78 is 19.1. The minimum atomic E-state index is -0.495. The van der Waals surface area contributed by atoms with E-state index in [0.29, 0.717) is 35.9 Å². The molecule has 0 aliphatic carbocycles. The molecule has 0 spiro atoms. The molecule has 0 bridgehead atoms. The van der Waals surface area contributed by atoms with Crippen LogP contribution >= 0.6 is 0 Å². The lowest BCUT2D eigenvalue weighted by Gasteiger charge is -2.21. The number of pyridine rings is 3. The average molecular weight is 450 g/mol. The van der Waals surface area contributed by atoms with Crippen LogP contribution in [0.3, 0.4) is 0 Å². The number of urea groups is 1. The number of nitrogens with one attached hydrogen (secondary N) is 5. The number of ether oxygens (including phenoxy) is 1. The lowest BCUT2D eigenvalue weighted by molar-refractivity contribution is 0.186. The summed E-state index contributed by atoms with van der Waals surface area (Å²) in [5.74, 6) is 0.0895. The molecule has 3 aromatic rings. The third kappa shape index (κ3) is 5.77. The summed E-state index contributed by atoms with van der Waals surface area (Å²) in [4.78, 5) is 24.7. The van der Waals surface area contributed by atoms with E-state index in [1.165, 1.54) is 18.5 Å². The van der Waals surface area contributed by atoms with E-state index < -0.39 is 11.8 Å². The van der Waals surface area contributed by atoms with Crippen LogP contribution in [-0.2, 0) is 0 Å². The van der Waals surface area contributed by atoms with Crippen LogP contribution in [0.2, 0.25) is 0 Å². The van der Waals surface area contributed by atoms with Gasteiger partial charge >= 0.3 is 6.03 Å². The minimum absolute atomic E-state index is 0.292. The van der Waals surface area contributed by atoms with Crippen LogP contribution in [0.25, 0.3) is 0 Å². The van der Waals surface area contributed by atoms with Crippen molar-refractivity contribution in [3.63, 3.8) is 0 Å².